The van der Waals surface area contributed by atoms with Crippen molar-refractivity contribution in [3.8, 4) is 5.75 Å². The average Bonchev–Trinajstić information content (AvgIpc) is 2.08. The van der Waals surface area contributed by atoms with Gasteiger partial charge in [0.2, 0.25) is 0 Å². The Morgan fingerprint density at radius 2 is 2.23 bits per heavy atom. The van der Waals surface area contributed by atoms with Crippen molar-refractivity contribution in [2.24, 2.45) is 0 Å². The lowest BCUT2D eigenvalue weighted by molar-refractivity contribution is 0.0697. The lowest BCUT2D eigenvalue weighted by atomic mass is 9.94. The average molecular weight is 196 g/mol. The van der Waals surface area contributed by atoms with Crippen LogP contribution < -0.4 is 10.2 Å². The molecule has 0 aliphatic carbocycles. The monoisotopic (exact) mass is 196 g/mol. The Hall–Kier alpha value is -1.16. The van der Waals surface area contributed by atoms with Crippen molar-refractivity contribution in [1.29, 1.82) is 0 Å². The van der Waals surface area contributed by atoms with E-state index in [1.807, 2.05) is 0 Å². The molecule has 0 aromatic heterocycles. The predicted molar refractivity (Wildman–Crippen MR) is 50.4 cm³/mol. The molecule has 5 heteroatoms. The number of carboxylic acids is 1. The Morgan fingerprint density at radius 1 is 1.62 bits per heavy atom. The molecule has 0 amide bonds. The van der Waals surface area contributed by atoms with Crippen molar-refractivity contribution >= 4 is 30.9 Å². The first kappa shape index (κ1) is 9.93. The minimum atomic E-state index is -1.13. The van der Waals surface area contributed by atoms with Crippen LogP contribution in [0.25, 0.3) is 0 Å². The molecule has 3 nitrogen and oxygen atoms in total. The summed E-state index contributed by atoms with van der Waals surface area (Å²) in [5.41, 5.74) is 0.247. The van der Waals surface area contributed by atoms with Crippen LogP contribution in [0.5, 0.6) is 5.75 Å². The third-order valence-electron chi connectivity index (χ3n) is 1.51. The summed E-state index contributed by atoms with van der Waals surface area (Å²) in [5, 5.41) is 8.77. The molecule has 1 rings (SSSR count). The van der Waals surface area contributed by atoms with E-state index in [1.54, 1.807) is 0 Å². The van der Waals surface area contributed by atoms with Gasteiger partial charge < -0.3 is 9.84 Å². The number of halogens is 1. The second-order valence-corrected chi connectivity index (χ2v) is 2.77. The SMILES string of the molecule is [B]c1cc(OC)c(Cl)c(C(=O)O)c1. The zero-order valence-corrected chi connectivity index (χ0v) is 7.63. The maximum absolute atomic E-state index is 10.6. The van der Waals surface area contributed by atoms with Crippen LogP contribution in [-0.4, -0.2) is 26.0 Å². The fourth-order valence-electron chi connectivity index (χ4n) is 0.923. The van der Waals surface area contributed by atoms with E-state index in [0.29, 0.717) is 5.46 Å². The van der Waals surface area contributed by atoms with Crippen molar-refractivity contribution < 1.29 is 14.6 Å². The van der Waals surface area contributed by atoms with Gasteiger partial charge in [0.05, 0.1) is 17.7 Å². The molecule has 0 unspecified atom stereocenters. The maximum Gasteiger partial charge on any atom is 0.337 e. The molecule has 2 radical (unpaired) electrons. The van der Waals surface area contributed by atoms with E-state index in [9.17, 15) is 4.79 Å². The summed E-state index contributed by atoms with van der Waals surface area (Å²) in [5.74, 6) is -0.866. The lowest BCUT2D eigenvalue weighted by Crippen LogP contribution is -2.09. The molecule has 0 atom stereocenters. The summed E-state index contributed by atoms with van der Waals surface area (Å²) in [6, 6.07) is 2.75. The minimum Gasteiger partial charge on any atom is -0.495 e. The van der Waals surface area contributed by atoms with E-state index in [4.69, 9.17) is 29.3 Å². The normalized spacial score (nSPS) is 9.69. The Balaban J connectivity index is 3.35. The van der Waals surface area contributed by atoms with Gasteiger partial charge in [0.15, 0.2) is 0 Å². The van der Waals surface area contributed by atoms with Crippen molar-refractivity contribution in [2.45, 2.75) is 0 Å². The smallest absolute Gasteiger partial charge is 0.337 e. The summed E-state index contributed by atoms with van der Waals surface area (Å²) in [6.45, 7) is 0. The molecule has 0 heterocycles. The number of carbonyl (C=O) groups is 1. The molecule has 1 N–H and O–H groups in total. The molecule has 0 spiro atoms. The molecule has 0 saturated carbocycles. The number of methoxy groups -OCH3 is 1. The van der Waals surface area contributed by atoms with Gasteiger partial charge in [0, 0.05) is 0 Å². The molecule has 0 fully saturated rings. The van der Waals surface area contributed by atoms with Gasteiger partial charge in [-0.15, -0.1) is 0 Å². The Bertz CT molecular complexity index is 351. The summed E-state index contributed by atoms with van der Waals surface area (Å²) < 4.78 is 4.84. The highest BCUT2D eigenvalue weighted by atomic mass is 35.5. The summed E-state index contributed by atoms with van der Waals surface area (Å²) in [4.78, 5) is 10.6. The number of aromatic carboxylic acids is 1. The third kappa shape index (κ3) is 1.95. The highest BCUT2D eigenvalue weighted by Gasteiger charge is 2.13. The van der Waals surface area contributed by atoms with E-state index in [1.165, 1.54) is 19.2 Å². The fraction of sp³-hybridized carbons (Fsp3) is 0.125. The number of carboxylic acid groups (broad SMARTS) is 1. The largest absolute Gasteiger partial charge is 0.495 e. The molecular formula is C8H6BClO3. The zero-order valence-electron chi connectivity index (χ0n) is 6.87. The van der Waals surface area contributed by atoms with Crippen LogP contribution in [0, 0.1) is 0 Å². The third-order valence-corrected chi connectivity index (χ3v) is 1.90. The standard InChI is InChI=1S/C8H6BClO3/c1-13-6-3-4(9)2-5(7(6)10)8(11)12/h2-3H,1H3,(H,11,12). The molecule has 13 heavy (non-hydrogen) atoms. The first-order valence-corrected chi connectivity index (χ1v) is 3.80. The van der Waals surface area contributed by atoms with Gasteiger partial charge in [-0.1, -0.05) is 23.1 Å². The molecule has 0 aliphatic rings. The van der Waals surface area contributed by atoms with Gasteiger partial charge in [0.1, 0.15) is 13.6 Å². The van der Waals surface area contributed by atoms with Crippen molar-refractivity contribution in [3.63, 3.8) is 0 Å². The topological polar surface area (TPSA) is 46.5 Å². The quantitative estimate of drug-likeness (QED) is 0.713. The van der Waals surface area contributed by atoms with Crippen LogP contribution in [0.3, 0.4) is 0 Å². The van der Waals surface area contributed by atoms with E-state index in [-0.39, 0.29) is 16.3 Å². The number of rotatable bonds is 2. The predicted octanol–water partition coefficient (Wildman–Crippen LogP) is 0.841. The van der Waals surface area contributed by atoms with Gasteiger partial charge in [-0.2, -0.15) is 0 Å². The number of ether oxygens (including phenoxy) is 1. The van der Waals surface area contributed by atoms with E-state index in [2.05, 4.69) is 0 Å². The van der Waals surface area contributed by atoms with Crippen LogP contribution in [0.2, 0.25) is 5.02 Å². The summed E-state index contributed by atoms with van der Waals surface area (Å²) >= 11 is 5.71. The highest BCUT2D eigenvalue weighted by Crippen LogP contribution is 2.26. The highest BCUT2D eigenvalue weighted by molar-refractivity contribution is 6.38. The minimum absolute atomic E-state index is 0.0569. The van der Waals surface area contributed by atoms with Crippen LogP contribution in [0.4, 0.5) is 0 Å². The molecule has 66 valence electrons. The first-order chi connectivity index (χ1) is 6.06. The van der Waals surface area contributed by atoms with Gasteiger partial charge in [-0.3, -0.25) is 0 Å². The molecule has 0 bridgehead atoms. The molecule has 0 aliphatic heterocycles. The van der Waals surface area contributed by atoms with E-state index in [0.717, 1.165) is 0 Å². The second-order valence-electron chi connectivity index (χ2n) is 2.39. The van der Waals surface area contributed by atoms with Crippen LogP contribution in [0.15, 0.2) is 12.1 Å². The van der Waals surface area contributed by atoms with Crippen LogP contribution in [0.1, 0.15) is 10.4 Å². The van der Waals surface area contributed by atoms with Gasteiger partial charge in [0.25, 0.3) is 0 Å². The van der Waals surface area contributed by atoms with Crippen LogP contribution >= 0.6 is 11.6 Å². The van der Waals surface area contributed by atoms with Crippen LogP contribution in [-0.2, 0) is 0 Å². The fourth-order valence-corrected chi connectivity index (χ4v) is 1.19. The first-order valence-electron chi connectivity index (χ1n) is 3.42. The summed E-state index contributed by atoms with van der Waals surface area (Å²) in [6.07, 6.45) is 0. The number of benzene rings is 1. The van der Waals surface area contributed by atoms with Gasteiger partial charge >= 0.3 is 5.97 Å². The summed E-state index contributed by atoms with van der Waals surface area (Å²) in [7, 11) is 6.83. The van der Waals surface area contributed by atoms with Crippen molar-refractivity contribution in [2.75, 3.05) is 7.11 Å². The number of hydrogen-bond acceptors (Lipinski definition) is 2. The number of hydrogen-bond donors (Lipinski definition) is 1. The Labute approximate surface area is 81.7 Å². The van der Waals surface area contributed by atoms with E-state index >= 15 is 0 Å². The lowest BCUT2D eigenvalue weighted by Gasteiger charge is -2.07. The van der Waals surface area contributed by atoms with Gasteiger partial charge in [-0.25, -0.2) is 4.79 Å². The van der Waals surface area contributed by atoms with E-state index < -0.39 is 5.97 Å². The molecule has 0 saturated heterocycles. The zero-order chi connectivity index (χ0) is 10.0. The van der Waals surface area contributed by atoms with Gasteiger partial charge in [-0.05, 0) is 6.07 Å². The Morgan fingerprint density at radius 3 is 2.69 bits per heavy atom. The maximum atomic E-state index is 10.6. The molecular weight excluding hydrogens is 190 g/mol. The second kappa shape index (κ2) is 3.70. The van der Waals surface area contributed by atoms with Crippen molar-refractivity contribution in [3.05, 3.63) is 22.7 Å². The molecule has 1 aromatic rings. The van der Waals surface area contributed by atoms with Crippen molar-refractivity contribution in [1.82, 2.24) is 0 Å². The Kier molecular flexibility index (Phi) is 2.83. The molecule has 1 aromatic carbocycles.